The molecule has 0 radical (unpaired) electrons. The second-order valence-corrected chi connectivity index (χ2v) is 13.0. The minimum atomic E-state index is -1.18. The number of carbonyl (C=O) groups is 2. The summed E-state index contributed by atoms with van der Waals surface area (Å²) in [5, 5.41) is 35.6. The summed E-state index contributed by atoms with van der Waals surface area (Å²) in [4.78, 5) is 26.6. The third-order valence-electron chi connectivity index (χ3n) is 8.10. The van der Waals surface area contributed by atoms with E-state index < -0.39 is 29.5 Å². The van der Waals surface area contributed by atoms with Gasteiger partial charge in [0.05, 0.1) is 28.7 Å². The number of allylic oxidation sites excluding steroid dienone is 3. The lowest BCUT2D eigenvalue weighted by molar-refractivity contribution is -0.143. The Morgan fingerprint density at radius 2 is 1.85 bits per heavy atom. The Hall–Kier alpha value is -4.48. The number of esters is 1. The normalized spacial score (nSPS) is 17.3. The molecule has 3 aromatic rings. The van der Waals surface area contributed by atoms with E-state index in [1.165, 1.54) is 0 Å². The van der Waals surface area contributed by atoms with Crippen LogP contribution in [0.25, 0.3) is 11.1 Å². The lowest BCUT2D eigenvalue weighted by Gasteiger charge is -2.40. The number of carboxylic acid groups (broad SMARTS) is 1. The molecule has 0 bridgehead atoms. The highest BCUT2D eigenvalue weighted by molar-refractivity contribution is 6.00. The van der Waals surface area contributed by atoms with Crippen LogP contribution in [0.5, 0.6) is 5.75 Å². The van der Waals surface area contributed by atoms with Gasteiger partial charge in [0.1, 0.15) is 24.5 Å². The fourth-order valence-electron chi connectivity index (χ4n) is 6.32. The zero-order valence-corrected chi connectivity index (χ0v) is 27.3. The van der Waals surface area contributed by atoms with Crippen LogP contribution in [-0.4, -0.2) is 64.4 Å². The largest absolute Gasteiger partial charge is 0.491 e. The maximum Gasteiger partial charge on any atom is 0.336 e. The Morgan fingerprint density at radius 1 is 1.13 bits per heavy atom. The number of carbonyl (C=O) groups excluding carboxylic acids is 1. The minimum absolute atomic E-state index is 0.00747. The number of hydrogen-bond donors (Lipinski definition) is 4. The lowest BCUT2D eigenvalue weighted by atomic mass is 9.77. The van der Waals surface area contributed by atoms with Crippen molar-refractivity contribution in [1.82, 2.24) is 21.0 Å². The number of benzene rings is 2. The summed E-state index contributed by atoms with van der Waals surface area (Å²) >= 11 is 0. The van der Waals surface area contributed by atoms with Crippen LogP contribution >= 0.6 is 0 Å². The molecule has 0 saturated carbocycles. The van der Waals surface area contributed by atoms with Gasteiger partial charge >= 0.3 is 11.9 Å². The van der Waals surface area contributed by atoms with Crippen LogP contribution in [0.15, 0.2) is 82.2 Å². The van der Waals surface area contributed by atoms with Crippen LogP contribution in [0.3, 0.4) is 0 Å². The van der Waals surface area contributed by atoms with E-state index in [9.17, 15) is 19.8 Å². The Bertz CT molecular complexity index is 1650. The Kier molecular flexibility index (Phi) is 10.7. The number of nitrogens with zero attached hydrogens (tertiary/aromatic N) is 2. The van der Waals surface area contributed by atoms with Crippen LogP contribution in [-0.2, 0) is 20.7 Å². The number of aromatic nitrogens is 2. The molecule has 0 fully saturated rings. The van der Waals surface area contributed by atoms with Gasteiger partial charge in [-0.2, -0.15) is 0 Å². The van der Waals surface area contributed by atoms with Gasteiger partial charge in [-0.05, 0) is 68.8 Å². The number of aliphatic hydroxyl groups is 1. The average molecular weight is 633 g/mol. The number of likely N-dealkylation sites (N-methyl/N-ethyl adjacent to an activating group) is 1. The summed E-state index contributed by atoms with van der Waals surface area (Å²) in [5.41, 5.74) is 2.11. The number of aliphatic hydroxyl groups excluding tert-OH is 1. The van der Waals surface area contributed by atoms with Crippen LogP contribution in [0.2, 0.25) is 0 Å². The highest BCUT2D eigenvalue weighted by Crippen LogP contribution is 2.41. The molecule has 3 atom stereocenters. The molecule has 2 aromatic carbocycles. The number of aliphatic carboxylic acids is 1. The van der Waals surface area contributed by atoms with Crippen molar-refractivity contribution in [3.05, 3.63) is 88.8 Å². The molecule has 4 N–H and O–H groups in total. The third-order valence-corrected chi connectivity index (χ3v) is 8.10. The topological polar surface area (TPSA) is 156 Å². The average Bonchev–Trinajstić information content (AvgIpc) is 3.47. The van der Waals surface area contributed by atoms with E-state index >= 15 is 0 Å². The number of para-hydroxylation sites is 1. The zero-order chi connectivity index (χ0) is 33.6. The molecule has 2 heterocycles. The minimum Gasteiger partial charge on any atom is -0.491 e. The highest BCUT2D eigenvalue weighted by Gasteiger charge is 2.41. The van der Waals surface area contributed by atoms with E-state index in [4.69, 9.17) is 14.0 Å². The lowest BCUT2D eigenvalue weighted by Crippen LogP contribution is -2.53. The molecule has 1 aliphatic rings. The van der Waals surface area contributed by atoms with Crippen molar-refractivity contribution in [2.45, 2.75) is 71.4 Å². The first-order valence-corrected chi connectivity index (χ1v) is 15.3. The summed E-state index contributed by atoms with van der Waals surface area (Å²) in [6.45, 7) is 13.3. The number of ether oxygens (including phenoxy) is 2. The van der Waals surface area contributed by atoms with Crippen LogP contribution < -0.4 is 15.4 Å². The van der Waals surface area contributed by atoms with Crippen molar-refractivity contribution >= 4 is 23.0 Å². The van der Waals surface area contributed by atoms with Crippen molar-refractivity contribution in [3.63, 3.8) is 0 Å². The molecule has 0 aliphatic carbocycles. The zero-order valence-electron chi connectivity index (χ0n) is 27.3. The Morgan fingerprint density at radius 3 is 2.52 bits per heavy atom. The van der Waals surface area contributed by atoms with Gasteiger partial charge in [0.25, 0.3) is 0 Å². The molecule has 1 aliphatic heterocycles. The Balaban J connectivity index is 1.61. The first kappa shape index (κ1) is 34.4. The van der Waals surface area contributed by atoms with Gasteiger partial charge in [0.15, 0.2) is 5.58 Å². The van der Waals surface area contributed by atoms with E-state index in [0.717, 1.165) is 5.56 Å². The van der Waals surface area contributed by atoms with Crippen LogP contribution in [0.4, 0.5) is 0 Å². The summed E-state index contributed by atoms with van der Waals surface area (Å²) in [6, 6.07) is 12.7. The van der Waals surface area contributed by atoms with E-state index in [0.29, 0.717) is 46.6 Å². The van der Waals surface area contributed by atoms with Gasteiger partial charge < -0.3 is 34.8 Å². The fraction of sp³-hybridized carbons (Fsp3) is 0.429. The highest BCUT2D eigenvalue weighted by atomic mass is 16.5. The first-order chi connectivity index (χ1) is 21.8. The Labute approximate surface area is 269 Å². The van der Waals surface area contributed by atoms with Gasteiger partial charge in [0.2, 0.25) is 0 Å². The van der Waals surface area contributed by atoms with Crippen molar-refractivity contribution < 1.29 is 33.8 Å². The molecule has 0 saturated heterocycles. The molecule has 1 aromatic heterocycles. The fourth-order valence-corrected chi connectivity index (χ4v) is 6.32. The standard InChI is InChI=1S/C35H44N4O7/c1-8-12-23-13-9-10-15-26(23)44-18-24(40)17-35(36-7,19-34(4,5)6)20-45-33(43)29-22(3)37-21(2)28(32(41)42)30(29)25-14-11-16-27-31(25)38-39-46-27/h8-11,13-16,24,30,36-37,40H,1,12,17-20H2,2-7H3,(H,41,42). The van der Waals surface area contributed by atoms with E-state index in [1.54, 1.807) is 45.2 Å². The molecule has 11 nitrogen and oxygen atoms in total. The maximum atomic E-state index is 14.0. The van der Waals surface area contributed by atoms with E-state index in [2.05, 4.69) is 48.4 Å². The van der Waals surface area contributed by atoms with Gasteiger partial charge in [0, 0.05) is 16.7 Å². The number of hydrogen-bond acceptors (Lipinski definition) is 10. The molecule has 3 unspecified atom stereocenters. The van der Waals surface area contributed by atoms with Gasteiger partial charge in [-0.3, -0.25) is 0 Å². The predicted octanol–water partition coefficient (Wildman–Crippen LogP) is 5.04. The van der Waals surface area contributed by atoms with Crippen LogP contribution in [0, 0.1) is 5.41 Å². The molecular weight excluding hydrogens is 588 g/mol. The van der Waals surface area contributed by atoms with Crippen molar-refractivity contribution in [1.29, 1.82) is 0 Å². The smallest absolute Gasteiger partial charge is 0.336 e. The molecule has 4 rings (SSSR count). The number of fused-ring (bicyclic) bond motifs is 1. The van der Waals surface area contributed by atoms with Crippen LogP contribution in [0.1, 0.15) is 64.5 Å². The third kappa shape index (κ3) is 7.83. The maximum absolute atomic E-state index is 14.0. The number of carboxylic acids is 1. The van der Waals surface area contributed by atoms with Crippen molar-refractivity contribution in [2.24, 2.45) is 5.41 Å². The number of rotatable bonds is 14. The molecule has 46 heavy (non-hydrogen) atoms. The molecule has 246 valence electrons. The summed E-state index contributed by atoms with van der Waals surface area (Å²) in [5.74, 6) is -2.20. The summed E-state index contributed by atoms with van der Waals surface area (Å²) in [6.07, 6.45) is 2.32. The molecule has 0 amide bonds. The number of nitrogens with one attached hydrogen (secondary N) is 2. The van der Waals surface area contributed by atoms with Gasteiger partial charge in [-0.1, -0.05) is 57.2 Å². The van der Waals surface area contributed by atoms with E-state index in [1.807, 2.05) is 24.3 Å². The molecule has 0 spiro atoms. The summed E-state index contributed by atoms with van der Waals surface area (Å²) in [7, 11) is 1.77. The number of dihydropyridines is 1. The first-order valence-electron chi connectivity index (χ1n) is 15.3. The van der Waals surface area contributed by atoms with E-state index in [-0.39, 0.29) is 36.2 Å². The van der Waals surface area contributed by atoms with Crippen molar-refractivity contribution in [2.75, 3.05) is 20.3 Å². The molecule has 11 heteroatoms. The van der Waals surface area contributed by atoms with Gasteiger partial charge in [-0.25, -0.2) is 9.59 Å². The SMILES string of the molecule is C=CCc1ccccc1OCC(O)CC(COC(=O)C1=C(C)NC(C)=C(C(=O)O)C1c1cccc2onnc12)(CC(C)(C)C)NC. The van der Waals surface area contributed by atoms with Crippen molar-refractivity contribution in [3.8, 4) is 5.75 Å². The quantitative estimate of drug-likeness (QED) is 0.140. The van der Waals surface area contributed by atoms with Gasteiger partial charge in [-0.15, -0.1) is 11.7 Å². The monoisotopic (exact) mass is 632 g/mol. The molecular formula is C35H44N4O7. The second-order valence-electron chi connectivity index (χ2n) is 13.0. The second kappa shape index (κ2) is 14.3. The predicted molar refractivity (Wildman–Crippen MR) is 174 cm³/mol. The summed E-state index contributed by atoms with van der Waals surface area (Å²) < 4.78 is 17.3.